The molecule has 0 unspecified atom stereocenters. The van der Waals surface area contributed by atoms with Crippen LogP contribution in [0.2, 0.25) is 0 Å². The molecule has 2 heterocycles. The Bertz CT molecular complexity index is 522. The van der Waals surface area contributed by atoms with Gasteiger partial charge in [0.05, 0.1) is 19.3 Å². The van der Waals surface area contributed by atoms with Crippen molar-refractivity contribution in [2.75, 3.05) is 13.7 Å². The maximum absolute atomic E-state index is 13.4. The normalized spacial score (nSPS) is 21.9. The highest BCUT2D eigenvalue weighted by Gasteiger charge is 2.48. The summed E-state index contributed by atoms with van der Waals surface area (Å²) in [5.41, 5.74) is 1.19. The molecule has 5 nitrogen and oxygen atoms in total. The zero-order valence-corrected chi connectivity index (χ0v) is 11.3. The number of hydrogen-bond acceptors (Lipinski definition) is 4. The van der Waals surface area contributed by atoms with Crippen LogP contribution in [0.1, 0.15) is 17.8 Å². The van der Waals surface area contributed by atoms with Gasteiger partial charge in [0.25, 0.3) is 5.92 Å². The molecule has 1 atom stereocenters. The number of aromatic nitrogens is 1. The van der Waals surface area contributed by atoms with Crippen LogP contribution in [0.3, 0.4) is 0 Å². The van der Waals surface area contributed by atoms with Crippen molar-refractivity contribution in [3.05, 3.63) is 23.5 Å². The van der Waals surface area contributed by atoms with Gasteiger partial charge >= 0.3 is 5.97 Å². The molecule has 1 aromatic heterocycles. The van der Waals surface area contributed by atoms with Gasteiger partial charge in [0.2, 0.25) is 0 Å². The molecule has 1 fully saturated rings. The molecule has 0 bridgehead atoms. The van der Waals surface area contributed by atoms with Gasteiger partial charge in [-0.25, -0.2) is 8.78 Å². The first-order chi connectivity index (χ1) is 9.32. The summed E-state index contributed by atoms with van der Waals surface area (Å²) in [7, 11) is 1.46. The summed E-state index contributed by atoms with van der Waals surface area (Å²) in [6, 6.07) is 2.24. The van der Waals surface area contributed by atoms with Gasteiger partial charge in [-0.15, -0.1) is 0 Å². The van der Waals surface area contributed by atoms with Crippen LogP contribution in [0, 0.1) is 6.92 Å². The Hall–Kier alpha value is -1.76. The molecule has 110 valence electrons. The lowest BCUT2D eigenvalue weighted by Crippen LogP contribution is -2.36. The molecular weight excluding hydrogens is 270 g/mol. The van der Waals surface area contributed by atoms with Crippen LogP contribution < -0.4 is 4.74 Å². The lowest BCUT2D eigenvalue weighted by molar-refractivity contribution is -0.142. The molecule has 1 aliphatic heterocycles. The molecule has 0 saturated carbocycles. The Morgan fingerprint density at radius 2 is 2.30 bits per heavy atom. The molecule has 7 heteroatoms. The number of halogens is 2. The van der Waals surface area contributed by atoms with Crippen LogP contribution >= 0.6 is 0 Å². The van der Waals surface area contributed by atoms with Crippen molar-refractivity contribution in [1.29, 1.82) is 0 Å². The smallest absolute Gasteiger partial charge is 0.321 e. The predicted octanol–water partition coefficient (Wildman–Crippen LogP) is 1.69. The molecule has 0 amide bonds. The fraction of sp³-hybridized carbons (Fsp3) is 0.538. The topological polar surface area (TPSA) is 62.7 Å². The summed E-state index contributed by atoms with van der Waals surface area (Å²) in [6.07, 6.45) is -0.670. The lowest BCUT2D eigenvalue weighted by atomic mass is 10.2. The third kappa shape index (κ3) is 3.04. The van der Waals surface area contributed by atoms with E-state index in [0.717, 1.165) is 5.69 Å². The van der Waals surface area contributed by atoms with Crippen molar-refractivity contribution in [1.82, 2.24) is 9.88 Å². The zero-order valence-electron chi connectivity index (χ0n) is 11.3. The van der Waals surface area contributed by atoms with E-state index < -0.39 is 30.9 Å². The highest BCUT2D eigenvalue weighted by atomic mass is 19.3. The number of alkyl halides is 2. The molecule has 1 saturated heterocycles. The standard InChI is InChI=1S/C13H16F2N2O3/c1-8-3-4-11(20-2)9(16-8)6-17-7-13(14,15)5-10(17)12(18)19/h3-4,10H,5-7H2,1-2H3,(H,18,19)/t10-/m1/s1. The molecule has 1 aliphatic rings. The maximum atomic E-state index is 13.4. The number of carboxylic acids is 1. The molecule has 0 aliphatic carbocycles. The van der Waals surface area contributed by atoms with Gasteiger partial charge in [-0.05, 0) is 19.1 Å². The number of hydrogen-bond donors (Lipinski definition) is 1. The van der Waals surface area contributed by atoms with Gasteiger partial charge < -0.3 is 9.84 Å². The van der Waals surface area contributed by atoms with Gasteiger partial charge in [-0.1, -0.05) is 0 Å². The number of rotatable bonds is 4. The zero-order chi connectivity index (χ0) is 14.9. The van der Waals surface area contributed by atoms with Gasteiger partial charge in [0.1, 0.15) is 11.8 Å². The van der Waals surface area contributed by atoms with Crippen molar-refractivity contribution >= 4 is 5.97 Å². The van der Waals surface area contributed by atoms with Crippen molar-refractivity contribution < 1.29 is 23.4 Å². The third-order valence-corrected chi connectivity index (χ3v) is 3.30. The predicted molar refractivity (Wildman–Crippen MR) is 66.9 cm³/mol. The van der Waals surface area contributed by atoms with E-state index in [0.29, 0.717) is 11.4 Å². The number of carboxylic acid groups (broad SMARTS) is 1. The van der Waals surface area contributed by atoms with Crippen LogP contribution in [0.15, 0.2) is 12.1 Å². The number of likely N-dealkylation sites (tertiary alicyclic amines) is 1. The summed E-state index contributed by atoms with van der Waals surface area (Å²) < 4.78 is 32.0. The summed E-state index contributed by atoms with van der Waals surface area (Å²) >= 11 is 0. The minimum atomic E-state index is -2.99. The monoisotopic (exact) mass is 286 g/mol. The van der Waals surface area contributed by atoms with Crippen molar-refractivity contribution in [3.63, 3.8) is 0 Å². The van der Waals surface area contributed by atoms with Gasteiger partial charge in [0.15, 0.2) is 0 Å². The second kappa shape index (κ2) is 5.32. The van der Waals surface area contributed by atoms with Gasteiger partial charge in [-0.2, -0.15) is 0 Å². The average molecular weight is 286 g/mol. The maximum Gasteiger partial charge on any atom is 0.321 e. The van der Waals surface area contributed by atoms with Crippen molar-refractivity contribution in [2.45, 2.75) is 31.9 Å². The number of aryl methyl sites for hydroxylation is 1. The van der Waals surface area contributed by atoms with E-state index in [1.807, 2.05) is 0 Å². The summed E-state index contributed by atoms with van der Waals surface area (Å²) in [4.78, 5) is 16.6. The first-order valence-electron chi connectivity index (χ1n) is 6.17. The molecule has 0 aromatic carbocycles. The number of aliphatic carboxylic acids is 1. The molecular formula is C13H16F2N2O3. The van der Waals surface area contributed by atoms with E-state index in [2.05, 4.69) is 4.98 Å². The van der Waals surface area contributed by atoms with Crippen LogP contribution in [0.25, 0.3) is 0 Å². The van der Waals surface area contributed by atoms with E-state index in [1.165, 1.54) is 12.0 Å². The second-order valence-electron chi connectivity index (χ2n) is 4.92. The van der Waals surface area contributed by atoms with Crippen LogP contribution in [-0.2, 0) is 11.3 Å². The number of methoxy groups -OCH3 is 1. The highest BCUT2D eigenvalue weighted by Crippen LogP contribution is 2.34. The lowest BCUT2D eigenvalue weighted by Gasteiger charge is -2.21. The summed E-state index contributed by atoms with van der Waals surface area (Å²) in [5.74, 6) is -3.76. The van der Waals surface area contributed by atoms with Crippen molar-refractivity contribution in [2.24, 2.45) is 0 Å². The Labute approximate surface area is 115 Å². The minimum absolute atomic E-state index is 0.0252. The molecule has 0 spiro atoms. The summed E-state index contributed by atoms with van der Waals surface area (Å²) in [5, 5.41) is 9.05. The van der Waals surface area contributed by atoms with E-state index in [-0.39, 0.29) is 6.54 Å². The summed E-state index contributed by atoms with van der Waals surface area (Å²) in [6.45, 7) is 1.22. The fourth-order valence-electron chi connectivity index (χ4n) is 2.38. The molecule has 1 aromatic rings. The first kappa shape index (κ1) is 14.6. The number of ether oxygens (including phenoxy) is 1. The van der Waals surface area contributed by atoms with Crippen LogP contribution in [0.5, 0.6) is 5.75 Å². The van der Waals surface area contributed by atoms with Gasteiger partial charge in [0, 0.05) is 18.7 Å². The number of carbonyl (C=O) groups is 1. The first-order valence-corrected chi connectivity index (χ1v) is 6.17. The Morgan fingerprint density at radius 1 is 1.60 bits per heavy atom. The Kier molecular flexibility index (Phi) is 3.89. The molecule has 1 N–H and O–H groups in total. The van der Waals surface area contributed by atoms with Crippen LogP contribution in [0.4, 0.5) is 8.78 Å². The Morgan fingerprint density at radius 3 is 2.90 bits per heavy atom. The molecule has 20 heavy (non-hydrogen) atoms. The molecule has 0 radical (unpaired) electrons. The number of pyridine rings is 1. The average Bonchev–Trinajstić information content (AvgIpc) is 2.65. The molecule has 2 rings (SSSR count). The van der Waals surface area contributed by atoms with Gasteiger partial charge in [-0.3, -0.25) is 14.7 Å². The van der Waals surface area contributed by atoms with Crippen LogP contribution in [-0.4, -0.2) is 46.6 Å². The highest BCUT2D eigenvalue weighted by molar-refractivity contribution is 5.74. The third-order valence-electron chi connectivity index (χ3n) is 3.30. The quantitative estimate of drug-likeness (QED) is 0.912. The fourth-order valence-corrected chi connectivity index (χ4v) is 2.38. The van der Waals surface area contributed by atoms with E-state index in [1.54, 1.807) is 19.1 Å². The Balaban J connectivity index is 2.24. The minimum Gasteiger partial charge on any atom is -0.495 e. The van der Waals surface area contributed by atoms with E-state index in [4.69, 9.17) is 9.84 Å². The largest absolute Gasteiger partial charge is 0.495 e. The van der Waals surface area contributed by atoms with E-state index >= 15 is 0 Å². The van der Waals surface area contributed by atoms with E-state index in [9.17, 15) is 13.6 Å². The SMILES string of the molecule is COc1ccc(C)nc1CN1CC(F)(F)C[C@@H]1C(=O)O. The second-order valence-corrected chi connectivity index (χ2v) is 4.92. The van der Waals surface area contributed by atoms with Crippen molar-refractivity contribution in [3.8, 4) is 5.75 Å². The number of nitrogens with zero attached hydrogens (tertiary/aromatic N) is 2.